The van der Waals surface area contributed by atoms with Crippen LogP contribution in [-0.2, 0) is 0 Å². The van der Waals surface area contributed by atoms with Gasteiger partial charge >= 0.3 is 5.97 Å². The molecule has 0 atom stereocenters. The first-order valence-corrected chi connectivity index (χ1v) is 4.04. The monoisotopic (exact) mass is 205 g/mol. The second-order valence-electron chi connectivity index (χ2n) is 2.76. The van der Waals surface area contributed by atoms with E-state index in [1.165, 1.54) is 24.7 Å². The molecular weight excluding hydrogens is 198 g/mol. The number of aromatic nitrogens is 4. The third-order valence-electron chi connectivity index (χ3n) is 1.73. The van der Waals surface area contributed by atoms with E-state index in [0.717, 1.165) is 4.80 Å². The van der Waals surface area contributed by atoms with Gasteiger partial charge in [0.25, 0.3) is 0 Å². The van der Waals surface area contributed by atoms with Crippen LogP contribution in [0.25, 0.3) is 5.82 Å². The summed E-state index contributed by atoms with van der Waals surface area (Å²) in [5, 5.41) is 16.5. The molecule has 0 saturated heterocycles. The van der Waals surface area contributed by atoms with Gasteiger partial charge in [-0.3, -0.25) is 0 Å². The van der Waals surface area contributed by atoms with E-state index < -0.39 is 5.97 Å². The average molecular weight is 205 g/mol. The van der Waals surface area contributed by atoms with Crippen LogP contribution in [0.15, 0.2) is 24.7 Å². The Balaban J connectivity index is 2.61. The zero-order valence-electron chi connectivity index (χ0n) is 7.53. The van der Waals surface area contributed by atoms with E-state index in [-0.39, 0.29) is 17.1 Å². The molecule has 7 nitrogen and oxygen atoms in total. The minimum absolute atomic E-state index is 0.0359. The van der Waals surface area contributed by atoms with Gasteiger partial charge in [-0.1, -0.05) is 0 Å². The lowest BCUT2D eigenvalue weighted by Crippen LogP contribution is -2.10. The van der Waals surface area contributed by atoms with Crippen LogP contribution in [0, 0.1) is 0 Å². The van der Waals surface area contributed by atoms with E-state index in [9.17, 15) is 4.79 Å². The van der Waals surface area contributed by atoms with Crippen molar-refractivity contribution in [3.63, 3.8) is 0 Å². The van der Waals surface area contributed by atoms with E-state index in [0.29, 0.717) is 0 Å². The summed E-state index contributed by atoms with van der Waals surface area (Å²) in [6, 6.07) is 1.31. The Labute approximate surface area is 84.2 Å². The molecular formula is C8H7N5O2. The van der Waals surface area contributed by atoms with Gasteiger partial charge in [0, 0.05) is 0 Å². The summed E-state index contributed by atoms with van der Waals surface area (Å²) in [5.74, 6) is -0.983. The molecule has 3 N–H and O–H groups in total. The molecule has 7 heteroatoms. The number of nitrogens with two attached hydrogens (primary N) is 1. The maximum Gasteiger partial charge on any atom is 0.339 e. The number of carbonyl (C=O) groups is 1. The molecule has 2 aromatic heterocycles. The molecule has 0 aliphatic rings. The average Bonchev–Trinajstić information content (AvgIpc) is 2.70. The number of hydrogen-bond donors (Lipinski definition) is 2. The van der Waals surface area contributed by atoms with Crippen LogP contribution in [0.1, 0.15) is 10.4 Å². The van der Waals surface area contributed by atoms with Crippen LogP contribution >= 0.6 is 0 Å². The molecule has 2 heterocycles. The lowest BCUT2D eigenvalue weighted by Gasteiger charge is -2.03. The Bertz CT molecular complexity index is 494. The molecule has 2 rings (SSSR count). The Hall–Kier alpha value is -2.44. The predicted molar refractivity (Wildman–Crippen MR) is 50.5 cm³/mol. The van der Waals surface area contributed by atoms with Gasteiger partial charge < -0.3 is 10.8 Å². The smallest absolute Gasteiger partial charge is 0.339 e. The first-order chi connectivity index (χ1) is 7.18. The molecule has 76 valence electrons. The van der Waals surface area contributed by atoms with Crippen molar-refractivity contribution in [3.8, 4) is 5.82 Å². The second kappa shape index (κ2) is 3.37. The molecule has 0 bridgehead atoms. The van der Waals surface area contributed by atoms with Crippen molar-refractivity contribution >= 4 is 11.7 Å². The zero-order chi connectivity index (χ0) is 10.8. The van der Waals surface area contributed by atoms with Crippen LogP contribution in [0.2, 0.25) is 0 Å². The third kappa shape index (κ3) is 1.62. The van der Waals surface area contributed by atoms with Gasteiger partial charge in [-0.25, -0.2) is 9.78 Å². The van der Waals surface area contributed by atoms with Crippen molar-refractivity contribution in [1.29, 1.82) is 0 Å². The summed E-state index contributed by atoms with van der Waals surface area (Å²) >= 11 is 0. The highest BCUT2D eigenvalue weighted by molar-refractivity contribution is 5.91. The van der Waals surface area contributed by atoms with Gasteiger partial charge in [0.1, 0.15) is 5.56 Å². The first-order valence-electron chi connectivity index (χ1n) is 4.04. The fraction of sp³-hybridized carbons (Fsp3) is 0. The largest absolute Gasteiger partial charge is 0.478 e. The van der Waals surface area contributed by atoms with E-state index in [1.807, 2.05) is 0 Å². The van der Waals surface area contributed by atoms with Crippen molar-refractivity contribution in [3.05, 3.63) is 30.2 Å². The molecule has 15 heavy (non-hydrogen) atoms. The standard InChI is InChI=1S/C8H7N5O2/c9-5-3-6(8(14)15)7(10-4-5)13-11-1-2-12-13/h1-4H,9H2,(H,14,15). The fourth-order valence-corrected chi connectivity index (χ4v) is 1.12. The number of rotatable bonds is 2. The van der Waals surface area contributed by atoms with Gasteiger partial charge in [-0.15, -0.1) is 4.80 Å². The number of carboxylic acids is 1. The molecule has 2 aromatic rings. The number of pyridine rings is 1. The minimum Gasteiger partial charge on any atom is -0.478 e. The normalized spacial score (nSPS) is 10.1. The van der Waals surface area contributed by atoms with Gasteiger partial charge in [-0.05, 0) is 6.07 Å². The van der Waals surface area contributed by atoms with Gasteiger partial charge in [0.2, 0.25) is 0 Å². The molecule has 0 spiro atoms. The molecule has 0 unspecified atom stereocenters. The van der Waals surface area contributed by atoms with Gasteiger partial charge in [0.05, 0.1) is 24.3 Å². The summed E-state index contributed by atoms with van der Waals surface area (Å²) < 4.78 is 0. The number of nitrogens with zero attached hydrogens (tertiary/aromatic N) is 4. The Morgan fingerprint density at radius 2 is 2.07 bits per heavy atom. The van der Waals surface area contributed by atoms with Crippen LogP contribution in [0.5, 0.6) is 0 Å². The second-order valence-corrected chi connectivity index (χ2v) is 2.76. The van der Waals surface area contributed by atoms with Crippen molar-refractivity contribution < 1.29 is 9.90 Å². The Kier molecular flexibility index (Phi) is 2.05. The molecule has 0 aromatic carbocycles. The number of aromatic carboxylic acids is 1. The summed E-state index contributed by atoms with van der Waals surface area (Å²) in [5.41, 5.74) is 5.69. The first kappa shape index (κ1) is 9.13. The van der Waals surface area contributed by atoms with Crippen LogP contribution in [0.3, 0.4) is 0 Å². The van der Waals surface area contributed by atoms with Crippen molar-refractivity contribution in [2.24, 2.45) is 0 Å². The van der Waals surface area contributed by atoms with Crippen LogP contribution in [0.4, 0.5) is 5.69 Å². The van der Waals surface area contributed by atoms with E-state index in [1.54, 1.807) is 0 Å². The number of hydrogen-bond acceptors (Lipinski definition) is 5. The minimum atomic E-state index is -1.12. The molecule has 0 aliphatic heterocycles. The summed E-state index contributed by atoms with van der Waals surface area (Å²) in [4.78, 5) is 15.9. The van der Waals surface area contributed by atoms with E-state index in [4.69, 9.17) is 10.8 Å². The SMILES string of the molecule is Nc1cnc(-n2nccn2)c(C(=O)O)c1. The summed E-state index contributed by atoms with van der Waals surface area (Å²) in [6.07, 6.45) is 4.22. The highest BCUT2D eigenvalue weighted by Gasteiger charge is 2.14. The molecule has 0 aliphatic carbocycles. The quantitative estimate of drug-likeness (QED) is 0.711. The van der Waals surface area contributed by atoms with Gasteiger partial charge in [0.15, 0.2) is 5.82 Å². The lowest BCUT2D eigenvalue weighted by molar-refractivity contribution is 0.0696. The predicted octanol–water partition coefficient (Wildman–Crippen LogP) is -0.0573. The van der Waals surface area contributed by atoms with Crippen molar-refractivity contribution in [2.75, 3.05) is 5.73 Å². The number of anilines is 1. The maximum absolute atomic E-state index is 10.9. The summed E-state index contributed by atoms with van der Waals surface area (Å²) in [6.45, 7) is 0. The number of nitrogen functional groups attached to an aromatic ring is 1. The maximum atomic E-state index is 10.9. The Morgan fingerprint density at radius 3 is 2.67 bits per heavy atom. The van der Waals surface area contributed by atoms with E-state index in [2.05, 4.69) is 15.2 Å². The van der Waals surface area contributed by atoms with Crippen LogP contribution in [-0.4, -0.2) is 31.1 Å². The molecule has 0 fully saturated rings. The number of carboxylic acid groups (broad SMARTS) is 1. The zero-order valence-corrected chi connectivity index (χ0v) is 7.53. The van der Waals surface area contributed by atoms with Crippen molar-refractivity contribution in [1.82, 2.24) is 20.0 Å². The molecule has 0 amide bonds. The highest BCUT2D eigenvalue weighted by atomic mass is 16.4. The lowest BCUT2D eigenvalue weighted by atomic mass is 10.2. The van der Waals surface area contributed by atoms with Crippen LogP contribution < -0.4 is 5.73 Å². The van der Waals surface area contributed by atoms with Gasteiger partial charge in [-0.2, -0.15) is 10.2 Å². The van der Waals surface area contributed by atoms with Crippen molar-refractivity contribution in [2.45, 2.75) is 0 Å². The molecule has 0 radical (unpaired) electrons. The Morgan fingerprint density at radius 1 is 1.40 bits per heavy atom. The highest BCUT2D eigenvalue weighted by Crippen LogP contribution is 2.12. The van der Waals surface area contributed by atoms with E-state index >= 15 is 0 Å². The molecule has 0 saturated carbocycles. The summed E-state index contributed by atoms with van der Waals surface area (Å²) in [7, 11) is 0. The third-order valence-corrected chi connectivity index (χ3v) is 1.73. The topological polar surface area (TPSA) is 107 Å². The fourth-order valence-electron chi connectivity index (χ4n) is 1.12.